The fraction of sp³-hybridized carbons (Fsp3) is 0.632. The molecule has 4 nitrogen and oxygen atoms in total. The minimum absolute atomic E-state index is 0.159. The zero-order valence-electron chi connectivity index (χ0n) is 14.3. The van der Waals surface area contributed by atoms with Gasteiger partial charge in [0, 0.05) is 25.6 Å². The van der Waals surface area contributed by atoms with Gasteiger partial charge >= 0.3 is 0 Å². The highest BCUT2D eigenvalue weighted by Crippen LogP contribution is 2.36. The molecular formula is C19H28N2O2. The van der Waals surface area contributed by atoms with Crippen LogP contribution in [0, 0.1) is 12.8 Å². The van der Waals surface area contributed by atoms with Gasteiger partial charge in [0.15, 0.2) is 0 Å². The molecule has 0 aliphatic carbocycles. The summed E-state index contributed by atoms with van der Waals surface area (Å²) in [7, 11) is 0. The van der Waals surface area contributed by atoms with E-state index in [0.29, 0.717) is 18.9 Å². The van der Waals surface area contributed by atoms with E-state index in [9.17, 15) is 4.79 Å². The Kier molecular flexibility index (Phi) is 5.34. The van der Waals surface area contributed by atoms with Gasteiger partial charge in [-0.1, -0.05) is 36.8 Å². The number of hydrogen-bond donors (Lipinski definition) is 1. The van der Waals surface area contributed by atoms with Crippen LogP contribution in [0.3, 0.4) is 0 Å². The van der Waals surface area contributed by atoms with Gasteiger partial charge in [-0.3, -0.25) is 4.79 Å². The van der Waals surface area contributed by atoms with Crippen LogP contribution in [0.1, 0.15) is 43.4 Å². The van der Waals surface area contributed by atoms with Gasteiger partial charge in [-0.2, -0.15) is 0 Å². The van der Waals surface area contributed by atoms with Crippen molar-refractivity contribution in [2.24, 2.45) is 5.92 Å². The Labute approximate surface area is 139 Å². The number of carbonyl (C=O) groups excluding carboxylic acids is 1. The van der Waals surface area contributed by atoms with E-state index in [2.05, 4.69) is 48.3 Å². The predicted octanol–water partition coefficient (Wildman–Crippen LogP) is 2.67. The number of piperidine rings is 1. The summed E-state index contributed by atoms with van der Waals surface area (Å²) in [5.41, 5.74) is 2.53. The van der Waals surface area contributed by atoms with Gasteiger partial charge in [0.25, 0.3) is 0 Å². The van der Waals surface area contributed by atoms with Crippen molar-refractivity contribution < 1.29 is 9.53 Å². The monoisotopic (exact) mass is 316 g/mol. The van der Waals surface area contributed by atoms with Crippen LogP contribution < -0.4 is 5.32 Å². The van der Waals surface area contributed by atoms with E-state index >= 15 is 0 Å². The normalized spacial score (nSPS) is 28.6. The number of carbonyl (C=O) groups is 1. The maximum absolute atomic E-state index is 12.9. The summed E-state index contributed by atoms with van der Waals surface area (Å²) in [6.07, 6.45) is 2.83. The SMILES string of the molecule is Cc1ccc(C2C(C)CCCN2C(=O)CC2COCCN2)cc1. The van der Waals surface area contributed by atoms with Gasteiger partial charge in [-0.05, 0) is 31.2 Å². The molecule has 0 aromatic heterocycles. The number of nitrogens with one attached hydrogen (secondary N) is 1. The number of rotatable bonds is 3. The molecule has 4 heteroatoms. The molecule has 0 bridgehead atoms. The number of hydrogen-bond acceptors (Lipinski definition) is 3. The Morgan fingerprint density at radius 2 is 2.13 bits per heavy atom. The van der Waals surface area contributed by atoms with Crippen molar-refractivity contribution >= 4 is 5.91 Å². The van der Waals surface area contributed by atoms with E-state index in [-0.39, 0.29) is 18.0 Å². The van der Waals surface area contributed by atoms with Gasteiger partial charge in [-0.15, -0.1) is 0 Å². The lowest BCUT2D eigenvalue weighted by molar-refractivity contribution is -0.137. The van der Waals surface area contributed by atoms with E-state index in [1.54, 1.807) is 0 Å². The molecule has 0 saturated carbocycles. The second-order valence-corrected chi connectivity index (χ2v) is 6.99. The van der Waals surface area contributed by atoms with Crippen LogP contribution in [0.15, 0.2) is 24.3 Å². The lowest BCUT2D eigenvalue weighted by Gasteiger charge is -2.41. The first-order chi connectivity index (χ1) is 11.1. The molecule has 3 rings (SSSR count). The quantitative estimate of drug-likeness (QED) is 0.932. The summed E-state index contributed by atoms with van der Waals surface area (Å²) in [5.74, 6) is 0.760. The number of amides is 1. The third-order valence-corrected chi connectivity index (χ3v) is 5.09. The number of ether oxygens (including phenoxy) is 1. The highest BCUT2D eigenvalue weighted by molar-refractivity contribution is 5.77. The average molecular weight is 316 g/mol. The lowest BCUT2D eigenvalue weighted by Crippen LogP contribution is -2.48. The van der Waals surface area contributed by atoms with Crippen LogP contribution in [-0.4, -0.2) is 43.2 Å². The van der Waals surface area contributed by atoms with E-state index in [4.69, 9.17) is 4.74 Å². The Hall–Kier alpha value is -1.39. The fourth-order valence-corrected chi connectivity index (χ4v) is 3.82. The van der Waals surface area contributed by atoms with E-state index in [0.717, 1.165) is 26.1 Å². The van der Waals surface area contributed by atoms with Crippen LogP contribution in [0.4, 0.5) is 0 Å². The first-order valence-electron chi connectivity index (χ1n) is 8.82. The van der Waals surface area contributed by atoms with Crippen LogP contribution in [0.2, 0.25) is 0 Å². The van der Waals surface area contributed by atoms with Crippen molar-refractivity contribution in [2.75, 3.05) is 26.3 Å². The zero-order chi connectivity index (χ0) is 16.2. The van der Waals surface area contributed by atoms with Crippen molar-refractivity contribution in [3.05, 3.63) is 35.4 Å². The number of aryl methyl sites for hydroxylation is 1. The number of nitrogens with zero attached hydrogens (tertiary/aromatic N) is 1. The summed E-state index contributed by atoms with van der Waals surface area (Å²) in [4.78, 5) is 15.0. The fourth-order valence-electron chi connectivity index (χ4n) is 3.82. The molecule has 2 aliphatic rings. The van der Waals surface area contributed by atoms with Crippen LogP contribution in [0.5, 0.6) is 0 Å². The Bertz CT molecular complexity index is 523. The van der Waals surface area contributed by atoms with E-state index in [1.165, 1.54) is 17.5 Å². The maximum Gasteiger partial charge on any atom is 0.224 e. The summed E-state index contributed by atoms with van der Waals surface area (Å²) < 4.78 is 5.48. The van der Waals surface area contributed by atoms with Gasteiger partial charge < -0.3 is 15.0 Å². The molecule has 3 atom stereocenters. The van der Waals surface area contributed by atoms with E-state index in [1.807, 2.05) is 0 Å². The molecule has 2 heterocycles. The molecule has 1 aromatic rings. The van der Waals surface area contributed by atoms with Gasteiger partial charge in [0.05, 0.1) is 19.3 Å². The Balaban J connectivity index is 1.74. The second kappa shape index (κ2) is 7.45. The van der Waals surface area contributed by atoms with Gasteiger partial charge in [0.2, 0.25) is 5.91 Å². The standard InChI is InChI=1S/C19H28N2O2/c1-14-5-7-16(8-6-14)19-15(2)4-3-10-21(19)18(22)12-17-13-23-11-9-20-17/h5-8,15,17,19-20H,3-4,9-13H2,1-2H3. The molecule has 1 N–H and O–H groups in total. The minimum atomic E-state index is 0.159. The molecule has 23 heavy (non-hydrogen) atoms. The number of likely N-dealkylation sites (tertiary alicyclic amines) is 1. The highest BCUT2D eigenvalue weighted by atomic mass is 16.5. The maximum atomic E-state index is 12.9. The van der Waals surface area contributed by atoms with Crippen molar-refractivity contribution in [3.8, 4) is 0 Å². The molecule has 0 radical (unpaired) electrons. The van der Waals surface area contributed by atoms with Crippen LogP contribution in [-0.2, 0) is 9.53 Å². The number of morpholine rings is 1. The van der Waals surface area contributed by atoms with Crippen molar-refractivity contribution in [3.63, 3.8) is 0 Å². The van der Waals surface area contributed by atoms with Crippen LogP contribution in [0.25, 0.3) is 0 Å². The van der Waals surface area contributed by atoms with Gasteiger partial charge in [-0.25, -0.2) is 0 Å². The largest absolute Gasteiger partial charge is 0.378 e. The summed E-state index contributed by atoms with van der Waals surface area (Å²) in [5, 5.41) is 3.39. The topological polar surface area (TPSA) is 41.6 Å². The summed E-state index contributed by atoms with van der Waals surface area (Å²) >= 11 is 0. The van der Waals surface area contributed by atoms with E-state index < -0.39 is 0 Å². The number of benzene rings is 1. The smallest absolute Gasteiger partial charge is 0.224 e. The summed E-state index contributed by atoms with van der Waals surface area (Å²) in [6, 6.07) is 9.04. The average Bonchev–Trinajstić information content (AvgIpc) is 2.56. The third kappa shape index (κ3) is 3.93. The van der Waals surface area contributed by atoms with Crippen molar-refractivity contribution in [1.82, 2.24) is 10.2 Å². The zero-order valence-corrected chi connectivity index (χ0v) is 14.3. The second-order valence-electron chi connectivity index (χ2n) is 6.99. The Morgan fingerprint density at radius 1 is 1.35 bits per heavy atom. The molecule has 2 aliphatic heterocycles. The predicted molar refractivity (Wildman–Crippen MR) is 91.3 cm³/mol. The summed E-state index contributed by atoms with van der Waals surface area (Å²) in [6.45, 7) is 7.48. The van der Waals surface area contributed by atoms with Crippen molar-refractivity contribution in [1.29, 1.82) is 0 Å². The first kappa shape index (κ1) is 16.5. The van der Waals surface area contributed by atoms with Crippen molar-refractivity contribution in [2.45, 2.75) is 45.2 Å². The van der Waals surface area contributed by atoms with Crippen LogP contribution >= 0.6 is 0 Å². The molecule has 1 aromatic carbocycles. The lowest BCUT2D eigenvalue weighted by atomic mass is 9.85. The highest BCUT2D eigenvalue weighted by Gasteiger charge is 2.33. The molecule has 126 valence electrons. The molecule has 0 spiro atoms. The first-order valence-corrected chi connectivity index (χ1v) is 8.82. The third-order valence-electron chi connectivity index (χ3n) is 5.09. The molecule has 2 saturated heterocycles. The molecule has 3 unspecified atom stereocenters. The molecular weight excluding hydrogens is 288 g/mol. The van der Waals surface area contributed by atoms with Gasteiger partial charge in [0.1, 0.15) is 0 Å². The molecule has 1 amide bonds. The molecule has 2 fully saturated rings. The minimum Gasteiger partial charge on any atom is -0.378 e. The Morgan fingerprint density at radius 3 is 2.83 bits per heavy atom.